The minimum Gasteiger partial charge on any atom is -0.308 e. The summed E-state index contributed by atoms with van der Waals surface area (Å²) >= 11 is 1.74. The van der Waals surface area contributed by atoms with Gasteiger partial charge in [0, 0.05) is 18.0 Å². The maximum absolute atomic E-state index is 4.51. The quantitative estimate of drug-likeness (QED) is 0.830. The van der Waals surface area contributed by atoms with Crippen molar-refractivity contribution < 1.29 is 0 Å². The molecule has 0 spiro atoms. The summed E-state index contributed by atoms with van der Waals surface area (Å²) in [6, 6.07) is 0.402. The van der Waals surface area contributed by atoms with Crippen molar-refractivity contribution in [1.82, 2.24) is 10.3 Å². The fourth-order valence-electron chi connectivity index (χ4n) is 1.89. The highest BCUT2D eigenvalue weighted by Gasteiger charge is 2.40. The summed E-state index contributed by atoms with van der Waals surface area (Å²) in [5.41, 5.74) is 1.82. The molecule has 84 valence electrons. The fraction of sp³-hybridized carbons (Fsp3) is 0.750. The minimum atomic E-state index is 0.402. The Labute approximate surface area is 96.1 Å². The van der Waals surface area contributed by atoms with Gasteiger partial charge in [0.15, 0.2) is 0 Å². The number of hydrogen-bond donors (Lipinski definition) is 1. The summed E-state index contributed by atoms with van der Waals surface area (Å²) < 4.78 is 0. The van der Waals surface area contributed by atoms with E-state index in [4.69, 9.17) is 0 Å². The van der Waals surface area contributed by atoms with Crippen LogP contribution in [0.25, 0.3) is 0 Å². The molecule has 1 heterocycles. The van der Waals surface area contributed by atoms with Crippen molar-refractivity contribution in [1.29, 1.82) is 0 Å². The monoisotopic (exact) mass is 224 g/mol. The topological polar surface area (TPSA) is 24.9 Å². The van der Waals surface area contributed by atoms with E-state index < -0.39 is 0 Å². The van der Waals surface area contributed by atoms with Crippen molar-refractivity contribution >= 4 is 11.3 Å². The van der Waals surface area contributed by atoms with Crippen LogP contribution in [0.4, 0.5) is 0 Å². The third-order valence-corrected chi connectivity index (χ3v) is 4.36. The fourth-order valence-corrected chi connectivity index (χ4v) is 2.59. The van der Waals surface area contributed by atoms with E-state index >= 15 is 0 Å². The largest absolute Gasteiger partial charge is 0.308 e. The van der Waals surface area contributed by atoms with Crippen molar-refractivity contribution in [3.63, 3.8) is 0 Å². The molecule has 0 amide bonds. The predicted octanol–water partition coefficient (Wildman–Crippen LogP) is 3.29. The van der Waals surface area contributed by atoms with E-state index in [1.165, 1.54) is 25.0 Å². The highest BCUT2D eigenvalue weighted by molar-refractivity contribution is 7.09. The summed E-state index contributed by atoms with van der Waals surface area (Å²) in [5, 5.41) is 6.94. The van der Waals surface area contributed by atoms with Crippen molar-refractivity contribution in [2.45, 2.75) is 46.1 Å². The second-order valence-electron chi connectivity index (χ2n) is 4.75. The average molecular weight is 224 g/mol. The van der Waals surface area contributed by atoms with E-state index in [2.05, 4.69) is 36.5 Å². The van der Waals surface area contributed by atoms with Crippen LogP contribution < -0.4 is 5.32 Å². The molecular weight excluding hydrogens is 204 g/mol. The van der Waals surface area contributed by atoms with Crippen LogP contribution in [0.15, 0.2) is 5.38 Å². The first-order chi connectivity index (χ1) is 7.15. The second kappa shape index (κ2) is 4.22. The van der Waals surface area contributed by atoms with Crippen LogP contribution in [0, 0.1) is 12.3 Å². The van der Waals surface area contributed by atoms with Crippen LogP contribution in [0.2, 0.25) is 0 Å². The molecule has 1 atom stereocenters. The standard InChI is InChI=1S/C12H20N2S/c1-4-12(5-6-12)8-13-9(2)11-7-15-10(3)14-11/h7,9,13H,4-6,8H2,1-3H3. The van der Waals surface area contributed by atoms with E-state index in [9.17, 15) is 0 Å². The lowest BCUT2D eigenvalue weighted by Gasteiger charge is -2.17. The van der Waals surface area contributed by atoms with Gasteiger partial charge in [0.1, 0.15) is 0 Å². The van der Waals surface area contributed by atoms with E-state index in [1.54, 1.807) is 11.3 Å². The van der Waals surface area contributed by atoms with Gasteiger partial charge in [-0.1, -0.05) is 6.92 Å². The Balaban J connectivity index is 1.85. The molecule has 0 aromatic carbocycles. The molecule has 1 N–H and O–H groups in total. The Bertz CT molecular complexity index is 328. The Hall–Kier alpha value is -0.410. The van der Waals surface area contributed by atoms with Crippen LogP contribution in [0.5, 0.6) is 0 Å². The second-order valence-corrected chi connectivity index (χ2v) is 5.81. The van der Waals surface area contributed by atoms with Crippen LogP contribution in [0.1, 0.15) is 49.9 Å². The van der Waals surface area contributed by atoms with Crippen LogP contribution in [-0.2, 0) is 0 Å². The van der Waals surface area contributed by atoms with Gasteiger partial charge in [-0.25, -0.2) is 4.98 Å². The molecule has 1 aromatic rings. The Kier molecular flexibility index (Phi) is 3.12. The third-order valence-electron chi connectivity index (χ3n) is 3.57. The average Bonchev–Trinajstić information content (AvgIpc) is 2.90. The number of rotatable bonds is 5. The van der Waals surface area contributed by atoms with Gasteiger partial charge < -0.3 is 5.32 Å². The van der Waals surface area contributed by atoms with Gasteiger partial charge in [-0.3, -0.25) is 0 Å². The first-order valence-electron chi connectivity index (χ1n) is 5.81. The molecule has 0 aliphatic heterocycles. The maximum atomic E-state index is 4.51. The lowest BCUT2D eigenvalue weighted by molar-refractivity contribution is 0.412. The van der Waals surface area contributed by atoms with Gasteiger partial charge in [0.2, 0.25) is 0 Å². The summed E-state index contributed by atoms with van der Waals surface area (Å²) in [6.07, 6.45) is 4.11. The van der Waals surface area contributed by atoms with E-state index in [0.717, 1.165) is 11.6 Å². The summed E-state index contributed by atoms with van der Waals surface area (Å²) in [5.74, 6) is 0. The number of aromatic nitrogens is 1. The Morgan fingerprint density at radius 3 is 2.80 bits per heavy atom. The Morgan fingerprint density at radius 1 is 1.60 bits per heavy atom. The van der Waals surface area contributed by atoms with E-state index in [0.29, 0.717) is 11.5 Å². The molecule has 0 radical (unpaired) electrons. The molecule has 1 aromatic heterocycles. The van der Waals surface area contributed by atoms with Gasteiger partial charge >= 0.3 is 0 Å². The molecular formula is C12H20N2S. The molecule has 1 saturated carbocycles. The van der Waals surface area contributed by atoms with E-state index in [-0.39, 0.29) is 0 Å². The summed E-state index contributed by atoms with van der Waals surface area (Å²) in [6.45, 7) is 7.73. The Morgan fingerprint density at radius 2 is 2.33 bits per heavy atom. The van der Waals surface area contributed by atoms with Gasteiger partial charge in [-0.2, -0.15) is 0 Å². The molecule has 1 aliphatic carbocycles. The number of nitrogens with zero attached hydrogens (tertiary/aromatic N) is 1. The molecule has 1 fully saturated rings. The van der Waals surface area contributed by atoms with E-state index in [1.807, 2.05) is 0 Å². The maximum Gasteiger partial charge on any atom is 0.0898 e. The lowest BCUT2D eigenvalue weighted by atomic mass is 10.0. The first-order valence-corrected chi connectivity index (χ1v) is 6.68. The molecule has 3 heteroatoms. The molecule has 1 unspecified atom stereocenters. The van der Waals surface area contributed by atoms with Crippen molar-refractivity contribution in [2.75, 3.05) is 6.54 Å². The molecule has 0 bridgehead atoms. The lowest BCUT2D eigenvalue weighted by Crippen LogP contribution is -2.26. The normalized spacial score (nSPS) is 20.2. The van der Waals surface area contributed by atoms with Crippen LogP contribution in [0.3, 0.4) is 0 Å². The molecule has 0 saturated heterocycles. The highest BCUT2D eigenvalue weighted by atomic mass is 32.1. The van der Waals surface area contributed by atoms with Crippen LogP contribution >= 0.6 is 11.3 Å². The molecule has 15 heavy (non-hydrogen) atoms. The van der Waals surface area contributed by atoms with Gasteiger partial charge in [-0.05, 0) is 38.5 Å². The van der Waals surface area contributed by atoms with Crippen LogP contribution in [-0.4, -0.2) is 11.5 Å². The van der Waals surface area contributed by atoms with Gasteiger partial charge in [-0.15, -0.1) is 11.3 Å². The third kappa shape index (κ3) is 2.58. The predicted molar refractivity (Wildman–Crippen MR) is 65.2 cm³/mol. The summed E-state index contributed by atoms with van der Waals surface area (Å²) in [4.78, 5) is 4.51. The number of aryl methyl sites for hydroxylation is 1. The van der Waals surface area contributed by atoms with Crippen molar-refractivity contribution in [3.05, 3.63) is 16.1 Å². The molecule has 1 aliphatic rings. The number of nitrogens with one attached hydrogen (secondary N) is 1. The van der Waals surface area contributed by atoms with Crippen molar-refractivity contribution in [3.8, 4) is 0 Å². The highest BCUT2D eigenvalue weighted by Crippen LogP contribution is 2.48. The molecule has 2 rings (SSSR count). The molecule has 2 nitrogen and oxygen atoms in total. The SMILES string of the molecule is CCC1(CNC(C)c2csc(C)n2)CC1. The summed E-state index contributed by atoms with van der Waals surface area (Å²) in [7, 11) is 0. The minimum absolute atomic E-state index is 0.402. The first kappa shape index (κ1) is 11.1. The van der Waals surface area contributed by atoms with Gasteiger partial charge in [0.05, 0.1) is 10.7 Å². The zero-order valence-electron chi connectivity index (χ0n) is 9.84. The van der Waals surface area contributed by atoms with Crippen molar-refractivity contribution in [2.24, 2.45) is 5.41 Å². The smallest absolute Gasteiger partial charge is 0.0898 e. The number of hydrogen-bond acceptors (Lipinski definition) is 3. The zero-order chi connectivity index (χ0) is 10.9. The number of thiazole rings is 1. The van der Waals surface area contributed by atoms with Gasteiger partial charge in [0.25, 0.3) is 0 Å². The zero-order valence-corrected chi connectivity index (χ0v) is 10.7.